The molecule has 7 heteroatoms. The molecule has 2 rings (SSSR count). The van der Waals surface area contributed by atoms with Crippen molar-refractivity contribution >= 4 is 10.0 Å². The van der Waals surface area contributed by atoms with Crippen molar-refractivity contribution in [2.75, 3.05) is 13.1 Å². The highest BCUT2D eigenvalue weighted by Crippen LogP contribution is 2.24. The van der Waals surface area contributed by atoms with Crippen LogP contribution in [-0.2, 0) is 16.6 Å². The van der Waals surface area contributed by atoms with Crippen LogP contribution in [-0.4, -0.2) is 32.7 Å². The van der Waals surface area contributed by atoms with E-state index in [1.165, 1.54) is 6.07 Å². The fraction of sp³-hybridized carbons (Fsp3) is 0.714. The predicted molar refractivity (Wildman–Crippen MR) is 79.2 cm³/mol. The molecule has 0 saturated heterocycles. The topological polar surface area (TPSA) is 91.6 Å². The van der Waals surface area contributed by atoms with Gasteiger partial charge in [-0.25, -0.2) is 13.1 Å². The Morgan fingerprint density at radius 1 is 1.29 bits per heavy atom. The Bertz CT molecular complexity index is 533. The summed E-state index contributed by atoms with van der Waals surface area (Å²) in [6.07, 6.45) is 2.98. The molecule has 0 aliphatic heterocycles. The molecule has 0 spiro atoms. The van der Waals surface area contributed by atoms with Gasteiger partial charge in [-0.1, -0.05) is 6.92 Å². The SMILES string of the molecule is CCNCc1ccc(S(=O)(=O)NCC2CCC(O)CC2)o1. The first-order valence-corrected chi connectivity index (χ1v) is 8.96. The molecule has 0 aromatic carbocycles. The molecule has 0 unspecified atom stereocenters. The van der Waals surface area contributed by atoms with E-state index in [4.69, 9.17) is 4.42 Å². The Hall–Kier alpha value is -0.890. The minimum atomic E-state index is -3.58. The van der Waals surface area contributed by atoms with Crippen LogP contribution in [0, 0.1) is 5.92 Å². The van der Waals surface area contributed by atoms with Gasteiger partial charge in [0.25, 0.3) is 10.0 Å². The van der Waals surface area contributed by atoms with E-state index in [1.54, 1.807) is 6.07 Å². The average Bonchev–Trinajstić information content (AvgIpc) is 2.94. The second kappa shape index (κ2) is 7.40. The third-order valence-corrected chi connectivity index (χ3v) is 5.13. The van der Waals surface area contributed by atoms with E-state index < -0.39 is 10.0 Å². The minimum absolute atomic E-state index is 0.0359. The van der Waals surface area contributed by atoms with E-state index in [0.29, 0.717) is 24.8 Å². The van der Waals surface area contributed by atoms with Gasteiger partial charge >= 0.3 is 0 Å². The molecule has 1 aliphatic carbocycles. The highest BCUT2D eigenvalue weighted by atomic mass is 32.2. The summed E-state index contributed by atoms with van der Waals surface area (Å²) in [5.74, 6) is 0.900. The molecule has 1 fully saturated rings. The number of sulfonamides is 1. The molecule has 1 heterocycles. The molecule has 1 saturated carbocycles. The summed E-state index contributed by atoms with van der Waals surface area (Å²) in [5.41, 5.74) is 0. The fourth-order valence-corrected chi connectivity index (χ4v) is 3.55. The molecular formula is C14H24N2O4S. The number of aliphatic hydroxyl groups is 1. The zero-order valence-corrected chi connectivity index (χ0v) is 13.2. The lowest BCUT2D eigenvalue weighted by molar-refractivity contribution is 0.109. The Morgan fingerprint density at radius 2 is 2.00 bits per heavy atom. The first-order chi connectivity index (χ1) is 10.0. The minimum Gasteiger partial charge on any atom is -0.447 e. The number of hydrogen-bond acceptors (Lipinski definition) is 5. The molecule has 1 aromatic rings. The van der Waals surface area contributed by atoms with Gasteiger partial charge in [0.05, 0.1) is 12.6 Å². The van der Waals surface area contributed by atoms with Crippen molar-refractivity contribution in [3.63, 3.8) is 0 Å². The summed E-state index contributed by atoms with van der Waals surface area (Å²) in [6, 6.07) is 3.16. The Balaban J connectivity index is 1.87. The van der Waals surface area contributed by atoms with Crippen molar-refractivity contribution in [2.45, 2.75) is 50.3 Å². The second-order valence-electron chi connectivity index (χ2n) is 5.53. The quantitative estimate of drug-likeness (QED) is 0.703. The summed E-state index contributed by atoms with van der Waals surface area (Å²) in [7, 11) is -3.58. The largest absolute Gasteiger partial charge is 0.447 e. The number of nitrogens with one attached hydrogen (secondary N) is 2. The Morgan fingerprint density at radius 3 is 2.67 bits per heavy atom. The normalized spacial score (nSPS) is 23.3. The summed E-state index contributed by atoms with van der Waals surface area (Å²) >= 11 is 0. The predicted octanol–water partition coefficient (Wildman–Crippen LogP) is 1.22. The first-order valence-electron chi connectivity index (χ1n) is 7.48. The van der Waals surface area contributed by atoms with Crippen LogP contribution in [0.5, 0.6) is 0 Å². The van der Waals surface area contributed by atoms with Crippen molar-refractivity contribution in [3.05, 3.63) is 17.9 Å². The average molecular weight is 316 g/mol. The Labute approximate surface area is 126 Å². The fourth-order valence-electron chi connectivity index (χ4n) is 2.49. The summed E-state index contributed by atoms with van der Waals surface area (Å²) < 4.78 is 32.3. The standard InChI is InChI=1S/C14H24N2O4S/c1-2-15-10-13-7-8-14(20-13)21(18,19)16-9-11-3-5-12(17)6-4-11/h7-8,11-12,15-17H,2-6,9-10H2,1H3. The van der Waals surface area contributed by atoms with Gasteiger partial charge in [0.2, 0.25) is 5.09 Å². The molecule has 0 radical (unpaired) electrons. The smallest absolute Gasteiger partial charge is 0.273 e. The third-order valence-electron chi connectivity index (χ3n) is 3.83. The molecule has 3 N–H and O–H groups in total. The van der Waals surface area contributed by atoms with Gasteiger partial charge in [-0.15, -0.1) is 0 Å². The van der Waals surface area contributed by atoms with E-state index in [2.05, 4.69) is 10.0 Å². The maximum absolute atomic E-state index is 12.2. The molecule has 0 bridgehead atoms. The van der Waals surface area contributed by atoms with Gasteiger partial charge in [0, 0.05) is 6.54 Å². The number of furan rings is 1. The van der Waals surface area contributed by atoms with E-state index >= 15 is 0 Å². The summed E-state index contributed by atoms with van der Waals surface area (Å²) in [4.78, 5) is 0. The molecule has 0 amide bonds. The molecule has 1 aliphatic rings. The lowest BCUT2D eigenvalue weighted by Gasteiger charge is -2.25. The zero-order valence-electron chi connectivity index (χ0n) is 12.3. The maximum atomic E-state index is 12.2. The van der Waals surface area contributed by atoms with Crippen LogP contribution in [0.1, 0.15) is 38.4 Å². The zero-order chi connectivity index (χ0) is 15.3. The molecule has 120 valence electrons. The van der Waals surface area contributed by atoms with E-state index in [9.17, 15) is 13.5 Å². The van der Waals surface area contributed by atoms with Crippen LogP contribution >= 0.6 is 0 Å². The molecule has 6 nitrogen and oxygen atoms in total. The van der Waals surface area contributed by atoms with Gasteiger partial charge in [-0.3, -0.25) is 0 Å². The van der Waals surface area contributed by atoms with Crippen LogP contribution in [0.15, 0.2) is 21.6 Å². The molecule has 21 heavy (non-hydrogen) atoms. The summed E-state index contributed by atoms with van der Waals surface area (Å²) in [6.45, 7) is 3.70. The monoisotopic (exact) mass is 316 g/mol. The van der Waals surface area contributed by atoms with Crippen LogP contribution in [0.3, 0.4) is 0 Å². The lowest BCUT2D eigenvalue weighted by Crippen LogP contribution is -2.32. The van der Waals surface area contributed by atoms with Crippen LogP contribution in [0.2, 0.25) is 0 Å². The number of hydrogen-bond donors (Lipinski definition) is 3. The second-order valence-corrected chi connectivity index (χ2v) is 7.23. The Kier molecular flexibility index (Phi) is 5.80. The van der Waals surface area contributed by atoms with Crippen LogP contribution in [0.25, 0.3) is 0 Å². The molecule has 0 atom stereocenters. The van der Waals surface area contributed by atoms with Crippen LogP contribution in [0.4, 0.5) is 0 Å². The summed E-state index contributed by atoms with van der Waals surface area (Å²) in [5, 5.41) is 12.5. The van der Waals surface area contributed by atoms with Crippen molar-refractivity contribution < 1.29 is 17.9 Å². The van der Waals surface area contributed by atoms with Gasteiger partial charge < -0.3 is 14.8 Å². The van der Waals surface area contributed by atoms with E-state index in [1.807, 2.05) is 6.92 Å². The van der Waals surface area contributed by atoms with E-state index in [-0.39, 0.29) is 11.2 Å². The number of aliphatic hydroxyl groups excluding tert-OH is 1. The molecule has 1 aromatic heterocycles. The van der Waals surface area contributed by atoms with Crippen molar-refractivity contribution in [1.29, 1.82) is 0 Å². The highest BCUT2D eigenvalue weighted by molar-refractivity contribution is 7.89. The lowest BCUT2D eigenvalue weighted by atomic mass is 9.88. The number of rotatable bonds is 7. The maximum Gasteiger partial charge on any atom is 0.273 e. The highest BCUT2D eigenvalue weighted by Gasteiger charge is 2.23. The first kappa shape index (κ1) is 16.5. The van der Waals surface area contributed by atoms with Gasteiger partial charge in [0.15, 0.2) is 0 Å². The van der Waals surface area contributed by atoms with Crippen LogP contribution < -0.4 is 10.0 Å². The van der Waals surface area contributed by atoms with Gasteiger partial charge in [0.1, 0.15) is 5.76 Å². The van der Waals surface area contributed by atoms with Crippen molar-refractivity contribution in [3.8, 4) is 0 Å². The van der Waals surface area contributed by atoms with Gasteiger partial charge in [-0.05, 0) is 50.3 Å². The van der Waals surface area contributed by atoms with E-state index in [0.717, 1.165) is 32.2 Å². The molecular weight excluding hydrogens is 292 g/mol. The van der Waals surface area contributed by atoms with Crippen molar-refractivity contribution in [2.24, 2.45) is 5.92 Å². The third kappa shape index (κ3) is 4.81. The van der Waals surface area contributed by atoms with Crippen molar-refractivity contribution in [1.82, 2.24) is 10.0 Å². The van der Waals surface area contributed by atoms with Gasteiger partial charge in [-0.2, -0.15) is 0 Å².